The van der Waals surface area contributed by atoms with E-state index in [0.717, 1.165) is 24.7 Å². The number of carbonyl (C=O) groups excluding carboxylic acids is 2. The highest BCUT2D eigenvalue weighted by Crippen LogP contribution is 2.38. The van der Waals surface area contributed by atoms with E-state index in [-0.39, 0.29) is 0 Å². The summed E-state index contributed by atoms with van der Waals surface area (Å²) in [4.78, 5) is 17.6. The van der Waals surface area contributed by atoms with Gasteiger partial charge in [-0.3, -0.25) is 23.2 Å². The molecule has 0 fully saturated rings. The molecule has 2 rings (SSSR count). The van der Waals surface area contributed by atoms with E-state index in [0.29, 0.717) is 6.07 Å². The van der Waals surface area contributed by atoms with Crippen LogP contribution in [0.25, 0.3) is 10.8 Å². The van der Waals surface area contributed by atoms with Crippen LogP contribution in [0.1, 0.15) is 11.1 Å². The van der Waals surface area contributed by atoms with Crippen molar-refractivity contribution in [3.63, 3.8) is 0 Å². The summed E-state index contributed by atoms with van der Waals surface area (Å²) in [6, 6.07) is 2.47. The van der Waals surface area contributed by atoms with Crippen molar-refractivity contribution >= 4 is 53.7 Å². The van der Waals surface area contributed by atoms with E-state index in [2.05, 4.69) is 0 Å². The molecule has 0 saturated heterocycles. The van der Waals surface area contributed by atoms with Gasteiger partial charge in [0.25, 0.3) is 30.4 Å². The summed E-state index contributed by atoms with van der Waals surface area (Å²) >= 11 is 0. The molecule has 0 saturated carbocycles. The van der Waals surface area contributed by atoms with E-state index < -0.39 is 66.9 Å². The van der Waals surface area contributed by atoms with Crippen molar-refractivity contribution in [3.8, 4) is 0 Å². The van der Waals surface area contributed by atoms with Gasteiger partial charge in [0, 0.05) is 10.9 Å². The summed E-state index contributed by atoms with van der Waals surface area (Å²) in [5.41, 5.74) is -2.25. The third-order valence-corrected chi connectivity index (χ3v) is 6.08. The Bertz CT molecular complexity index is 1270. The van der Waals surface area contributed by atoms with Crippen molar-refractivity contribution in [3.05, 3.63) is 29.3 Å². The molecule has 26 heavy (non-hydrogen) atoms. The molecule has 0 heterocycles. The molecule has 2 radical (unpaired) electrons. The molecule has 0 unspecified atom stereocenters. The summed E-state index contributed by atoms with van der Waals surface area (Å²) < 4.78 is 97.7. The molecular weight excluding hydrogens is 416 g/mol. The van der Waals surface area contributed by atoms with Crippen LogP contribution < -0.4 is 0 Å². The van der Waals surface area contributed by atoms with Gasteiger partial charge < -0.3 is 0 Å². The average molecular weight is 422 g/mol. The van der Waals surface area contributed by atoms with Crippen LogP contribution in [-0.2, 0) is 39.9 Å². The Morgan fingerprint density at radius 1 is 0.692 bits per heavy atom. The fourth-order valence-corrected chi connectivity index (χ4v) is 5.33. The highest BCUT2D eigenvalue weighted by atomic mass is 32.2. The monoisotopic (exact) mass is 422 g/mol. The first-order valence-corrected chi connectivity index (χ1v) is 10.4. The third kappa shape index (κ3) is 3.25. The zero-order valence-electron chi connectivity index (χ0n) is 12.1. The average Bonchev–Trinajstić information content (AvgIpc) is 2.48. The summed E-state index contributed by atoms with van der Waals surface area (Å²) in [5, 5.41) is -1.80. The van der Waals surface area contributed by atoms with Gasteiger partial charge in [-0.2, -0.15) is 25.3 Å². The molecule has 3 N–H and O–H groups in total. The number of hydrogen-bond acceptors (Lipinski definition) is 8. The van der Waals surface area contributed by atoms with Gasteiger partial charge in [0.1, 0.15) is 14.7 Å². The van der Waals surface area contributed by atoms with Gasteiger partial charge in [-0.05, 0) is 11.5 Å². The van der Waals surface area contributed by atoms with E-state index in [1.807, 2.05) is 0 Å². The van der Waals surface area contributed by atoms with E-state index in [4.69, 9.17) is 0 Å². The van der Waals surface area contributed by atoms with E-state index >= 15 is 0 Å². The molecule has 0 aromatic heterocycles. The van der Waals surface area contributed by atoms with Gasteiger partial charge in [-0.1, -0.05) is 12.1 Å². The van der Waals surface area contributed by atoms with Crippen LogP contribution in [0.15, 0.2) is 32.9 Å². The first-order valence-electron chi connectivity index (χ1n) is 6.06. The number of hydrogen-bond donors (Lipinski definition) is 3. The topological polar surface area (TPSA) is 197 Å². The smallest absolute Gasteiger partial charge is 0.285 e. The Morgan fingerprint density at radius 2 is 1.19 bits per heavy atom. The molecule has 0 bridgehead atoms. The van der Waals surface area contributed by atoms with Gasteiger partial charge in [0.2, 0.25) is 12.6 Å². The van der Waals surface area contributed by atoms with E-state index in [1.165, 1.54) is 0 Å². The molecule has 0 aliphatic rings. The van der Waals surface area contributed by atoms with Crippen LogP contribution in [-0.4, -0.2) is 51.5 Å². The van der Waals surface area contributed by atoms with Gasteiger partial charge in [-0.15, -0.1) is 0 Å². The second-order valence-corrected chi connectivity index (χ2v) is 8.82. The van der Waals surface area contributed by atoms with Crippen molar-refractivity contribution in [2.45, 2.75) is 14.7 Å². The Morgan fingerprint density at radius 3 is 1.58 bits per heavy atom. The Labute approximate surface area is 146 Å². The predicted octanol–water partition coefficient (Wildman–Crippen LogP) is -0.504. The van der Waals surface area contributed by atoms with Crippen LogP contribution in [0, 0.1) is 0 Å². The molecule has 0 atom stereocenters. The normalized spacial score (nSPS) is 12.9. The Balaban J connectivity index is 3.55. The van der Waals surface area contributed by atoms with Crippen molar-refractivity contribution in [1.82, 2.24) is 0 Å². The van der Waals surface area contributed by atoms with Crippen molar-refractivity contribution < 1.29 is 48.5 Å². The zero-order valence-corrected chi connectivity index (χ0v) is 14.5. The fourth-order valence-electron chi connectivity index (χ4n) is 2.36. The fraction of sp³-hybridized carbons (Fsp3) is 0. The van der Waals surface area contributed by atoms with Gasteiger partial charge in [0.15, 0.2) is 0 Å². The largest absolute Gasteiger partial charge is 0.296 e. The minimum atomic E-state index is -5.61. The lowest BCUT2D eigenvalue weighted by molar-refractivity contribution is 0.466. The third-order valence-electron chi connectivity index (χ3n) is 3.20. The lowest BCUT2D eigenvalue weighted by Crippen LogP contribution is -2.16. The minimum absolute atomic E-state index is 0.638. The van der Waals surface area contributed by atoms with Gasteiger partial charge in [-0.25, -0.2) is 0 Å². The number of benzene rings is 2. The maximum atomic E-state index is 11.7. The highest BCUT2D eigenvalue weighted by molar-refractivity contribution is 7.89. The molecule has 11 nitrogen and oxygen atoms in total. The number of rotatable bonds is 5. The molecule has 138 valence electrons. The predicted molar refractivity (Wildman–Crippen MR) is 83.0 cm³/mol. The highest BCUT2D eigenvalue weighted by Gasteiger charge is 2.35. The van der Waals surface area contributed by atoms with Crippen LogP contribution >= 0.6 is 0 Å². The summed E-state index contributed by atoms with van der Waals surface area (Å²) in [6.45, 7) is 0. The summed E-state index contributed by atoms with van der Waals surface area (Å²) in [7, 11) is -16.4. The minimum Gasteiger partial charge on any atom is -0.285 e. The molecule has 0 aliphatic carbocycles. The zero-order chi connectivity index (χ0) is 20.1. The second kappa shape index (κ2) is 6.19. The lowest BCUT2D eigenvalue weighted by atomic mass is 10.00. The molecular formula is C12H6O11S3. The van der Waals surface area contributed by atoms with E-state index in [9.17, 15) is 48.5 Å². The maximum Gasteiger partial charge on any atom is 0.296 e. The molecule has 14 heteroatoms. The SMILES string of the molecule is O=[C]c1c(S(=O)(=O)O)c(S(=O)(=O)O)c2c(S(=O)(=O)O)cccc2c1[C]=O. The van der Waals surface area contributed by atoms with Crippen molar-refractivity contribution in [1.29, 1.82) is 0 Å². The van der Waals surface area contributed by atoms with Crippen LogP contribution in [0.2, 0.25) is 0 Å². The van der Waals surface area contributed by atoms with Crippen LogP contribution in [0.3, 0.4) is 0 Å². The second-order valence-electron chi connectivity index (χ2n) is 4.72. The number of fused-ring (bicyclic) bond motifs is 1. The molecule has 2 aromatic carbocycles. The van der Waals surface area contributed by atoms with Crippen LogP contribution in [0.4, 0.5) is 0 Å². The maximum absolute atomic E-state index is 11.7. The van der Waals surface area contributed by atoms with Crippen LogP contribution in [0.5, 0.6) is 0 Å². The molecule has 0 aliphatic heterocycles. The van der Waals surface area contributed by atoms with Gasteiger partial charge in [0.05, 0.1) is 5.56 Å². The Hall–Kier alpha value is -2.23. The molecule has 0 amide bonds. The molecule has 0 spiro atoms. The summed E-state index contributed by atoms with van der Waals surface area (Å²) in [5.74, 6) is 0. The standard InChI is InChI=1S/C12H6O11S3/c13-4-7-6-2-1-3-9(24(15,16)17)10(6)12(26(21,22)23)11(8(7)5-14)25(18,19)20/h1-3H,(H,15,16,17)(H,18,19,20)(H,21,22,23). The van der Waals surface area contributed by atoms with Crippen molar-refractivity contribution in [2.24, 2.45) is 0 Å². The quantitative estimate of drug-likeness (QED) is 0.525. The molecule has 2 aromatic rings. The first kappa shape index (κ1) is 20.1. The summed E-state index contributed by atoms with van der Waals surface area (Å²) in [6.07, 6.45) is 2.06. The lowest BCUT2D eigenvalue weighted by Gasteiger charge is -2.15. The van der Waals surface area contributed by atoms with E-state index in [1.54, 1.807) is 0 Å². The Kier molecular flexibility index (Phi) is 4.78. The van der Waals surface area contributed by atoms with Gasteiger partial charge >= 0.3 is 0 Å². The van der Waals surface area contributed by atoms with Crippen molar-refractivity contribution in [2.75, 3.05) is 0 Å². The first-order chi connectivity index (χ1) is 11.7.